The number of nitrogens with one attached hydrogen (secondary N) is 1. The molecular formula is C24H30ClNO2SSi. The number of amides is 1. The second kappa shape index (κ2) is 9.23. The first kappa shape index (κ1) is 23.0. The lowest BCUT2D eigenvalue weighted by molar-refractivity contribution is 0.0951. The molecule has 0 aliphatic carbocycles. The maximum absolute atomic E-state index is 12.5. The van der Waals surface area contributed by atoms with E-state index in [0.29, 0.717) is 23.7 Å². The molecule has 0 aliphatic heterocycles. The highest BCUT2D eigenvalue weighted by Gasteiger charge is 2.37. The minimum Gasteiger partial charge on any atom is -0.416 e. The predicted octanol–water partition coefficient (Wildman–Crippen LogP) is 7.05. The Hall–Kier alpha value is -1.66. The molecular weight excluding hydrogens is 430 g/mol. The highest BCUT2D eigenvalue weighted by molar-refractivity contribution is 7.19. The quantitative estimate of drug-likeness (QED) is 0.384. The van der Waals surface area contributed by atoms with Gasteiger partial charge in [0, 0.05) is 26.8 Å². The number of hydrogen-bond donors (Lipinski definition) is 1. The second-order valence-corrected chi connectivity index (χ2v) is 15.4. The SMILES string of the molecule is CC(C)(C)[Si](C)(C)OCCc1c(CNC(=O)c2ccc(Cl)cc2)sc2ccccc12. The zero-order valence-corrected chi connectivity index (χ0v) is 20.9. The number of halogens is 1. The van der Waals surface area contributed by atoms with Gasteiger partial charge in [-0.25, -0.2) is 0 Å². The molecule has 0 atom stereocenters. The fourth-order valence-electron chi connectivity index (χ4n) is 3.05. The lowest BCUT2D eigenvalue weighted by Gasteiger charge is -2.36. The van der Waals surface area contributed by atoms with Gasteiger partial charge in [-0.2, -0.15) is 0 Å². The molecule has 0 unspecified atom stereocenters. The van der Waals surface area contributed by atoms with Crippen LogP contribution in [-0.4, -0.2) is 20.8 Å². The lowest BCUT2D eigenvalue weighted by Crippen LogP contribution is -2.41. The summed E-state index contributed by atoms with van der Waals surface area (Å²) in [5.74, 6) is -0.0902. The van der Waals surface area contributed by atoms with Crippen LogP contribution < -0.4 is 5.32 Å². The van der Waals surface area contributed by atoms with Gasteiger partial charge < -0.3 is 9.74 Å². The molecule has 0 fully saturated rings. The standard InChI is InChI=1S/C24H30ClNO2SSi/c1-24(2,3)30(4,5)28-15-14-20-19-8-6-7-9-21(19)29-22(20)16-26-23(27)17-10-12-18(25)13-11-17/h6-13H,14-16H2,1-5H3,(H,26,27). The van der Waals surface area contributed by atoms with Crippen LogP contribution in [0, 0.1) is 0 Å². The van der Waals surface area contributed by atoms with Crippen molar-refractivity contribution < 1.29 is 9.22 Å². The summed E-state index contributed by atoms with van der Waals surface area (Å²) >= 11 is 7.67. The third-order valence-corrected chi connectivity index (χ3v) is 11.9. The zero-order chi connectivity index (χ0) is 21.9. The van der Waals surface area contributed by atoms with E-state index < -0.39 is 8.32 Å². The van der Waals surface area contributed by atoms with Gasteiger partial charge in [-0.15, -0.1) is 11.3 Å². The van der Waals surface area contributed by atoms with Crippen molar-refractivity contribution in [1.29, 1.82) is 0 Å². The summed E-state index contributed by atoms with van der Waals surface area (Å²) in [5, 5.41) is 5.14. The van der Waals surface area contributed by atoms with Gasteiger partial charge in [0.05, 0.1) is 6.54 Å². The molecule has 3 aromatic rings. The third-order valence-electron chi connectivity index (χ3n) is 5.92. The number of hydrogen-bond acceptors (Lipinski definition) is 3. The van der Waals surface area contributed by atoms with Crippen LogP contribution >= 0.6 is 22.9 Å². The Morgan fingerprint density at radius 3 is 2.43 bits per heavy atom. The molecule has 0 bridgehead atoms. The van der Waals surface area contributed by atoms with Crippen molar-refractivity contribution in [1.82, 2.24) is 5.32 Å². The normalized spacial score (nSPS) is 12.3. The smallest absolute Gasteiger partial charge is 0.251 e. The minimum atomic E-state index is -1.79. The summed E-state index contributed by atoms with van der Waals surface area (Å²) < 4.78 is 7.67. The third kappa shape index (κ3) is 5.33. The Morgan fingerprint density at radius 2 is 1.77 bits per heavy atom. The van der Waals surface area contributed by atoms with Crippen molar-refractivity contribution in [2.24, 2.45) is 0 Å². The molecule has 0 radical (unpaired) electrons. The lowest BCUT2D eigenvalue weighted by atomic mass is 10.1. The summed E-state index contributed by atoms with van der Waals surface area (Å²) in [6.45, 7) is 12.6. The van der Waals surface area contributed by atoms with Crippen molar-refractivity contribution in [3.63, 3.8) is 0 Å². The van der Waals surface area contributed by atoms with Crippen LogP contribution in [0.25, 0.3) is 10.1 Å². The molecule has 0 spiro atoms. The molecule has 0 saturated heterocycles. The van der Waals surface area contributed by atoms with Crippen molar-refractivity contribution in [2.75, 3.05) is 6.61 Å². The van der Waals surface area contributed by atoms with Gasteiger partial charge in [-0.1, -0.05) is 50.6 Å². The Labute approximate surface area is 189 Å². The number of rotatable bonds is 7. The molecule has 3 rings (SSSR count). The van der Waals surface area contributed by atoms with Crippen LogP contribution in [0.15, 0.2) is 48.5 Å². The van der Waals surface area contributed by atoms with Crippen molar-refractivity contribution in [2.45, 2.75) is 51.9 Å². The van der Waals surface area contributed by atoms with Crippen LogP contribution in [0.2, 0.25) is 23.2 Å². The summed E-state index contributed by atoms with van der Waals surface area (Å²) in [6.07, 6.45) is 0.850. The van der Waals surface area contributed by atoms with Gasteiger partial charge in [-0.05, 0) is 65.8 Å². The first-order valence-electron chi connectivity index (χ1n) is 10.3. The van der Waals surface area contributed by atoms with Crippen molar-refractivity contribution in [3.8, 4) is 0 Å². The Bertz CT molecular complexity index is 1020. The van der Waals surface area contributed by atoms with E-state index in [1.165, 1.54) is 20.5 Å². The fourth-order valence-corrected chi connectivity index (χ4v) is 5.42. The van der Waals surface area contributed by atoms with E-state index in [1.54, 1.807) is 35.6 Å². The summed E-state index contributed by atoms with van der Waals surface area (Å²) in [4.78, 5) is 13.7. The van der Waals surface area contributed by atoms with E-state index in [2.05, 4.69) is 63.4 Å². The van der Waals surface area contributed by atoms with Gasteiger partial charge in [0.1, 0.15) is 0 Å². The number of thiophene rings is 1. The molecule has 160 valence electrons. The summed E-state index contributed by atoms with van der Waals surface area (Å²) in [5.41, 5.74) is 1.90. The Balaban J connectivity index is 1.74. The van der Waals surface area contributed by atoms with E-state index in [1.807, 2.05) is 0 Å². The van der Waals surface area contributed by atoms with Crippen LogP contribution in [0.3, 0.4) is 0 Å². The highest BCUT2D eigenvalue weighted by atomic mass is 35.5. The molecule has 1 aromatic heterocycles. The molecule has 0 aliphatic rings. The first-order chi connectivity index (χ1) is 14.1. The first-order valence-corrected chi connectivity index (χ1v) is 14.4. The minimum absolute atomic E-state index is 0.0902. The summed E-state index contributed by atoms with van der Waals surface area (Å²) in [6, 6.07) is 15.4. The average Bonchev–Trinajstić information content (AvgIpc) is 3.03. The van der Waals surface area contributed by atoms with Gasteiger partial charge in [0.25, 0.3) is 5.91 Å². The van der Waals surface area contributed by atoms with Crippen molar-refractivity contribution >= 4 is 47.2 Å². The predicted molar refractivity (Wildman–Crippen MR) is 131 cm³/mol. The van der Waals surface area contributed by atoms with E-state index in [0.717, 1.165) is 6.42 Å². The van der Waals surface area contributed by atoms with Gasteiger partial charge in [0.15, 0.2) is 8.32 Å². The summed E-state index contributed by atoms with van der Waals surface area (Å²) in [7, 11) is -1.79. The van der Waals surface area contributed by atoms with Crippen LogP contribution in [0.1, 0.15) is 41.6 Å². The Kier molecular flexibility index (Phi) is 7.08. The van der Waals surface area contributed by atoms with E-state index >= 15 is 0 Å². The maximum atomic E-state index is 12.5. The van der Waals surface area contributed by atoms with Gasteiger partial charge >= 0.3 is 0 Å². The molecule has 3 nitrogen and oxygen atoms in total. The second-order valence-electron chi connectivity index (χ2n) is 9.05. The maximum Gasteiger partial charge on any atom is 0.251 e. The molecule has 1 heterocycles. The van der Waals surface area contributed by atoms with Crippen molar-refractivity contribution in [3.05, 3.63) is 69.6 Å². The fraction of sp³-hybridized carbons (Fsp3) is 0.375. The molecule has 1 amide bonds. The number of carbonyl (C=O) groups excluding carboxylic acids is 1. The average molecular weight is 460 g/mol. The molecule has 30 heavy (non-hydrogen) atoms. The highest BCUT2D eigenvalue weighted by Crippen LogP contribution is 2.37. The van der Waals surface area contributed by atoms with Crippen LogP contribution in [-0.2, 0) is 17.4 Å². The molecule has 0 saturated carbocycles. The molecule has 1 N–H and O–H groups in total. The van der Waals surface area contributed by atoms with Crippen LogP contribution in [0.5, 0.6) is 0 Å². The molecule has 2 aromatic carbocycles. The van der Waals surface area contributed by atoms with Crippen LogP contribution in [0.4, 0.5) is 0 Å². The molecule has 6 heteroatoms. The monoisotopic (exact) mass is 459 g/mol. The van der Waals surface area contributed by atoms with E-state index in [-0.39, 0.29) is 10.9 Å². The van der Waals surface area contributed by atoms with E-state index in [4.69, 9.17) is 16.0 Å². The number of carbonyl (C=O) groups is 1. The Morgan fingerprint density at radius 1 is 1.10 bits per heavy atom. The largest absolute Gasteiger partial charge is 0.416 e. The van der Waals surface area contributed by atoms with Gasteiger partial charge in [0.2, 0.25) is 0 Å². The van der Waals surface area contributed by atoms with Gasteiger partial charge in [-0.3, -0.25) is 4.79 Å². The number of fused-ring (bicyclic) bond motifs is 1. The topological polar surface area (TPSA) is 38.3 Å². The number of benzene rings is 2. The van der Waals surface area contributed by atoms with E-state index in [9.17, 15) is 4.79 Å². The zero-order valence-electron chi connectivity index (χ0n) is 18.3.